The van der Waals surface area contributed by atoms with Crippen LogP contribution in [0.4, 0.5) is 0 Å². The van der Waals surface area contributed by atoms with E-state index in [0.29, 0.717) is 12.4 Å². The molecule has 0 saturated heterocycles. The first-order valence-corrected chi connectivity index (χ1v) is 10.00. The lowest BCUT2D eigenvalue weighted by Gasteiger charge is -2.07. The number of benzene rings is 2. The van der Waals surface area contributed by atoms with Crippen molar-refractivity contribution in [3.05, 3.63) is 76.3 Å². The van der Waals surface area contributed by atoms with Gasteiger partial charge in [-0.15, -0.1) is 16.4 Å². The number of fused-ring (bicyclic) bond motifs is 3. The highest BCUT2D eigenvalue weighted by atomic mass is 79.9. The summed E-state index contributed by atoms with van der Waals surface area (Å²) in [7, 11) is 0. The first kappa shape index (κ1) is 16.4. The van der Waals surface area contributed by atoms with Gasteiger partial charge < -0.3 is 4.74 Å². The SMILES string of the molecule is Brc1ccc(OCc2cccc(-c3nc4c5ccsc5ncn4n3)c2)cc1. The second kappa shape index (κ2) is 6.75. The van der Waals surface area contributed by atoms with Crippen molar-refractivity contribution in [3.8, 4) is 17.1 Å². The molecule has 0 atom stereocenters. The van der Waals surface area contributed by atoms with Gasteiger partial charge in [0.1, 0.15) is 23.5 Å². The standard InChI is InChI=1S/C20H13BrN4OS/c21-15-4-6-16(7-5-15)26-11-13-2-1-3-14(10-13)18-23-19-17-8-9-27-20(17)22-12-25(19)24-18/h1-10,12H,11H2. The lowest BCUT2D eigenvalue weighted by molar-refractivity contribution is 0.306. The lowest BCUT2D eigenvalue weighted by atomic mass is 10.1. The summed E-state index contributed by atoms with van der Waals surface area (Å²) in [6.07, 6.45) is 1.71. The Hall–Kier alpha value is -2.77. The van der Waals surface area contributed by atoms with Crippen molar-refractivity contribution in [1.82, 2.24) is 19.6 Å². The van der Waals surface area contributed by atoms with Gasteiger partial charge >= 0.3 is 0 Å². The molecule has 3 aromatic heterocycles. The molecule has 7 heteroatoms. The fraction of sp³-hybridized carbons (Fsp3) is 0.0500. The zero-order chi connectivity index (χ0) is 18.2. The van der Waals surface area contributed by atoms with Crippen molar-refractivity contribution in [3.63, 3.8) is 0 Å². The smallest absolute Gasteiger partial charge is 0.182 e. The number of ether oxygens (including phenoxy) is 1. The van der Waals surface area contributed by atoms with Crippen LogP contribution < -0.4 is 4.74 Å². The van der Waals surface area contributed by atoms with Crippen LogP contribution in [0, 0.1) is 0 Å². The molecule has 0 N–H and O–H groups in total. The average Bonchev–Trinajstić information content (AvgIpc) is 3.34. The summed E-state index contributed by atoms with van der Waals surface area (Å²) < 4.78 is 8.63. The summed E-state index contributed by atoms with van der Waals surface area (Å²) in [6, 6.07) is 18.0. The third-order valence-electron chi connectivity index (χ3n) is 4.21. The van der Waals surface area contributed by atoms with Crippen molar-refractivity contribution in [1.29, 1.82) is 0 Å². The monoisotopic (exact) mass is 436 g/mol. The zero-order valence-corrected chi connectivity index (χ0v) is 16.4. The zero-order valence-electron chi connectivity index (χ0n) is 14.0. The highest BCUT2D eigenvalue weighted by molar-refractivity contribution is 9.10. The van der Waals surface area contributed by atoms with E-state index in [1.165, 1.54) is 0 Å². The van der Waals surface area contributed by atoms with Gasteiger partial charge in [-0.25, -0.2) is 14.5 Å². The number of thiophene rings is 1. The molecule has 0 unspecified atom stereocenters. The maximum Gasteiger partial charge on any atom is 0.182 e. The third kappa shape index (κ3) is 3.20. The Balaban J connectivity index is 1.44. The summed E-state index contributed by atoms with van der Waals surface area (Å²) in [4.78, 5) is 10.1. The lowest BCUT2D eigenvalue weighted by Crippen LogP contribution is -1.96. The fourth-order valence-corrected chi connectivity index (χ4v) is 3.88. The topological polar surface area (TPSA) is 52.3 Å². The third-order valence-corrected chi connectivity index (χ3v) is 5.56. The van der Waals surface area contributed by atoms with Crippen LogP contribution in [0.2, 0.25) is 0 Å². The van der Waals surface area contributed by atoms with Crippen LogP contribution >= 0.6 is 27.3 Å². The summed E-state index contributed by atoms with van der Waals surface area (Å²) in [6.45, 7) is 0.485. The Bertz CT molecular complexity index is 1250. The van der Waals surface area contributed by atoms with Crippen LogP contribution in [-0.2, 0) is 6.61 Å². The number of halogens is 1. The first-order chi connectivity index (χ1) is 13.3. The van der Waals surface area contributed by atoms with Crippen LogP contribution in [0.3, 0.4) is 0 Å². The minimum Gasteiger partial charge on any atom is -0.489 e. The second-order valence-electron chi connectivity index (χ2n) is 6.03. The molecule has 0 aliphatic rings. The van der Waals surface area contributed by atoms with Gasteiger partial charge in [0.15, 0.2) is 11.5 Å². The van der Waals surface area contributed by atoms with Gasteiger partial charge in [-0.2, -0.15) is 0 Å². The maximum atomic E-state index is 5.87. The van der Waals surface area contributed by atoms with Gasteiger partial charge in [-0.05, 0) is 47.3 Å². The molecule has 5 rings (SSSR count). The minimum absolute atomic E-state index is 0.485. The molecule has 0 aliphatic carbocycles. The molecule has 0 saturated carbocycles. The van der Waals surface area contributed by atoms with Crippen molar-refractivity contribution in [2.24, 2.45) is 0 Å². The van der Waals surface area contributed by atoms with Crippen molar-refractivity contribution < 1.29 is 4.74 Å². The van der Waals surface area contributed by atoms with Gasteiger partial charge in [0.05, 0.1) is 5.39 Å². The normalized spacial score (nSPS) is 11.3. The van der Waals surface area contributed by atoms with E-state index in [2.05, 4.69) is 32.1 Å². The van der Waals surface area contributed by atoms with Gasteiger partial charge in [0.2, 0.25) is 0 Å². The van der Waals surface area contributed by atoms with E-state index in [-0.39, 0.29) is 0 Å². The Morgan fingerprint density at radius 3 is 2.85 bits per heavy atom. The van der Waals surface area contributed by atoms with Crippen LogP contribution in [0.1, 0.15) is 5.56 Å². The summed E-state index contributed by atoms with van der Waals surface area (Å²) in [5, 5.41) is 7.63. The molecule has 0 amide bonds. The quantitative estimate of drug-likeness (QED) is 0.381. The highest BCUT2D eigenvalue weighted by Crippen LogP contribution is 2.25. The van der Waals surface area contributed by atoms with Crippen molar-refractivity contribution >= 4 is 43.1 Å². The van der Waals surface area contributed by atoms with E-state index in [9.17, 15) is 0 Å². The number of rotatable bonds is 4. The van der Waals surface area contributed by atoms with Crippen molar-refractivity contribution in [2.75, 3.05) is 0 Å². The van der Waals surface area contributed by atoms with Gasteiger partial charge in [0, 0.05) is 10.0 Å². The molecule has 0 radical (unpaired) electrons. The van der Waals surface area contributed by atoms with E-state index in [4.69, 9.17) is 9.72 Å². The molecule has 27 heavy (non-hydrogen) atoms. The molecular weight excluding hydrogens is 424 g/mol. The Morgan fingerprint density at radius 2 is 1.96 bits per heavy atom. The van der Waals surface area contributed by atoms with Crippen LogP contribution in [-0.4, -0.2) is 19.6 Å². The van der Waals surface area contributed by atoms with Gasteiger partial charge in [0.25, 0.3) is 0 Å². The second-order valence-corrected chi connectivity index (χ2v) is 7.84. The molecule has 0 bridgehead atoms. The number of aromatic nitrogens is 4. The van der Waals surface area contributed by atoms with Crippen LogP contribution in [0.15, 0.2) is 70.8 Å². The first-order valence-electron chi connectivity index (χ1n) is 8.32. The van der Waals surface area contributed by atoms with E-state index in [1.54, 1.807) is 22.2 Å². The molecule has 0 aliphatic heterocycles. The Morgan fingerprint density at radius 1 is 1.07 bits per heavy atom. The molecule has 2 aromatic carbocycles. The summed E-state index contributed by atoms with van der Waals surface area (Å²) >= 11 is 5.03. The Kier molecular flexibility index (Phi) is 4.10. The molecular formula is C20H13BrN4OS. The highest BCUT2D eigenvalue weighted by Gasteiger charge is 2.11. The van der Waals surface area contributed by atoms with Gasteiger partial charge in [-0.3, -0.25) is 0 Å². The number of hydrogen-bond acceptors (Lipinski definition) is 5. The van der Waals surface area contributed by atoms with Crippen LogP contribution in [0.25, 0.3) is 27.3 Å². The molecule has 0 fully saturated rings. The molecule has 0 spiro atoms. The maximum absolute atomic E-state index is 5.87. The molecule has 3 heterocycles. The number of nitrogens with zero attached hydrogens (tertiary/aromatic N) is 4. The fourth-order valence-electron chi connectivity index (χ4n) is 2.89. The van der Waals surface area contributed by atoms with E-state index in [1.807, 2.05) is 53.9 Å². The summed E-state index contributed by atoms with van der Waals surface area (Å²) in [5.41, 5.74) is 2.85. The van der Waals surface area contributed by atoms with E-state index in [0.717, 1.165) is 37.2 Å². The number of hydrogen-bond donors (Lipinski definition) is 0. The predicted octanol–water partition coefficient (Wildman–Crippen LogP) is 5.35. The van der Waals surface area contributed by atoms with Crippen molar-refractivity contribution in [2.45, 2.75) is 6.61 Å². The largest absolute Gasteiger partial charge is 0.489 e. The summed E-state index contributed by atoms with van der Waals surface area (Å²) in [5.74, 6) is 1.52. The average molecular weight is 437 g/mol. The Labute approximate surface area is 167 Å². The minimum atomic E-state index is 0.485. The predicted molar refractivity (Wildman–Crippen MR) is 110 cm³/mol. The van der Waals surface area contributed by atoms with Gasteiger partial charge in [-0.1, -0.05) is 34.1 Å². The molecule has 132 valence electrons. The van der Waals surface area contributed by atoms with E-state index >= 15 is 0 Å². The van der Waals surface area contributed by atoms with Crippen LogP contribution in [0.5, 0.6) is 5.75 Å². The van der Waals surface area contributed by atoms with E-state index < -0.39 is 0 Å². The molecule has 5 aromatic rings. The molecule has 5 nitrogen and oxygen atoms in total.